The number of allylic oxidation sites excluding steroid dienone is 2. The van der Waals surface area contributed by atoms with Gasteiger partial charge in [-0.2, -0.15) is 0 Å². The molecule has 1 heterocycles. The number of benzene rings is 1. The van der Waals surface area contributed by atoms with Crippen molar-refractivity contribution in [2.45, 2.75) is 26.7 Å². The van der Waals surface area contributed by atoms with Crippen molar-refractivity contribution in [3.8, 4) is 0 Å². The SMILES string of the molecule is CCOC(=O)C1=C(N)OC(C)=C(C(C)=O)[C@@H]1c1ccc(Cl)cc1Cl. The van der Waals surface area contributed by atoms with Gasteiger partial charge in [0.15, 0.2) is 5.78 Å². The number of hydrogen-bond donors (Lipinski definition) is 1. The number of hydrogen-bond acceptors (Lipinski definition) is 5. The maximum absolute atomic E-state index is 12.4. The van der Waals surface area contributed by atoms with E-state index in [1.807, 2.05) is 0 Å². The lowest BCUT2D eigenvalue weighted by molar-refractivity contribution is -0.139. The average Bonchev–Trinajstić information content (AvgIpc) is 2.46. The first-order valence-corrected chi connectivity index (χ1v) is 8.04. The van der Waals surface area contributed by atoms with Gasteiger partial charge in [0.05, 0.1) is 12.5 Å². The lowest BCUT2D eigenvalue weighted by atomic mass is 9.81. The fourth-order valence-electron chi connectivity index (χ4n) is 2.69. The highest BCUT2D eigenvalue weighted by molar-refractivity contribution is 6.35. The topological polar surface area (TPSA) is 78.6 Å². The fraction of sp³-hybridized carbons (Fsp3) is 0.294. The van der Waals surface area contributed by atoms with Crippen molar-refractivity contribution in [1.29, 1.82) is 0 Å². The third-order valence-corrected chi connectivity index (χ3v) is 4.20. The number of rotatable bonds is 4. The Morgan fingerprint density at radius 2 is 1.96 bits per heavy atom. The second-order valence-electron chi connectivity index (χ2n) is 5.23. The van der Waals surface area contributed by atoms with E-state index in [0.29, 0.717) is 26.9 Å². The van der Waals surface area contributed by atoms with Crippen LogP contribution in [0.3, 0.4) is 0 Å². The molecule has 5 nitrogen and oxygen atoms in total. The summed E-state index contributed by atoms with van der Waals surface area (Å²) >= 11 is 12.2. The number of esters is 1. The summed E-state index contributed by atoms with van der Waals surface area (Å²) in [5, 5.41) is 0.756. The lowest BCUT2D eigenvalue weighted by Crippen LogP contribution is -2.29. The maximum atomic E-state index is 12.4. The minimum atomic E-state index is -0.778. The number of Topliss-reactive ketones (excluding diaryl/α,β-unsaturated/α-hetero) is 1. The average molecular weight is 370 g/mol. The molecular formula is C17H17Cl2NO4. The van der Waals surface area contributed by atoms with Crippen molar-refractivity contribution in [2.75, 3.05) is 6.61 Å². The highest BCUT2D eigenvalue weighted by Crippen LogP contribution is 2.43. The molecule has 0 aromatic heterocycles. The van der Waals surface area contributed by atoms with Gasteiger partial charge in [0.1, 0.15) is 11.3 Å². The zero-order chi connectivity index (χ0) is 18.0. The monoisotopic (exact) mass is 369 g/mol. The van der Waals surface area contributed by atoms with Gasteiger partial charge in [-0.15, -0.1) is 0 Å². The Kier molecular flexibility index (Phi) is 5.57. The van der Waals surface area contributed by atoms with E-state index in [1.54, 1.807) is 32.0 Å². The highest BCUT2D eigenvalue weighted by atomic mass is 35.5. The second kappa shape index (κ2) is 7.28. The van der Waals surface area contributed by atoms with E-state index in [0.717, 1.165) is 0 Å². The van der Waals surface area contributed by atoms with E-state index in [2.05, 4.69) is 0 Å². The summed E-state index contributed by atoms with van der Waals surface area (Å²) in [5.41, 5.74) is 6.80. The Labute approximate surface area is 150 Å². The van der Waals surface area contributed by atoms with Crippen LogP contribution in [0, 0.1) is 0 Å². The molecule has 1 aliphatic heterocycles. The fourth-order valence-corrected chi connectivity index (χ4v) is 3.21. The largest absolute Gasteiger partial charge is 0.462 e. The summed E-state index contributed by atoms with van der Waals surface area (Å²) in [5.74, 6) is -1.47. The van der Waals surface area contributed by atoms with Crippen molar-refractivity contribution >= 4 is 35.0 Å². The second-order valence-corrected chi connectivity index (χ2v) is 6.07. The molecule has 128 valence electrons. The summed E-state index contributed by atoms with van der Waals surface area (Å²) in [6.45, 7) is 4.84. The standard InChI is InChI=1S/C17H17Cl2NO4/c1-4-23-17(22)15-14(11-6-5-10(18)7-12(11)19)13(8(2)21)9(3)24-16(15)20/h5-7,14H,4,20H2,1-3H3/t14-/m0/s1. The number of carbonyl (C=O) groups excluding carboxylic acids is 2. The van der Waals surface area contributed by atoms with Gasteiger partial charge in [-0.1, -0.05) is 29.3 Å². The van der Waals surface area contributed by atoms with E-state index in [-0.39, 0.29) is 23.8 Å². The molecule has 2 rings (SSSR count). The smallest absolute Gasteiger partial charge is 0.340 e. The third kappa shape index (κ3) is 3.42. The molecule has 0 fully saturated rings. The normalized spacial score (nSPS) is 17.6. The summed E-state index contributed by atoms with van der Waals surface area (Å²) in [4.78, 5) is 24.6. The van der Waals surface area contributed by atoms with E-state index in [1.165, 1.54) is 6.92 Å². The van der Waals surface area contributed by atoms with Crippen LogP contribution in [-0.2, 0) is 19.1 Å². The molecular weight excluding hydrogens is 353 g/mol. The van der Waals surface area contributed by atoms with Crippen LogP contribution in [0.4, 0.5) is 0 Å². The lowest BCUT2D eigenvalue weighted by Gasteiger charge is -2.29. The number of ether oxygens (including phenoxy) is 2. The summed E-state index contributed by atoms with van der Waals surface area (Å²) in [6, 6.07) is 4.83. The molecule has 0 radical (unpaired) electrons. The van der Waals surface area contributed by atoms with Crippen molar-refractivity contribution in [2.24, 2.45) is 5.73 Å². The van der Waals surface area contributed by atoms with Crippen LogP contribution in [0.15, 0.2) is 41.0 Å². The Balaban J connectivity index is 2.70. The minimum absolute atomic E-state index is 0.0527. The van der Waals surface area contributed by atoms with E-state index in [4.69, 9.17) is 38.4 Å². The number of carbonyl (C=O) groups is 2. The summed E-state index contributed by atoms with van der Waals surface area (Å²) < 4.78 is 10.5. The molecule has 1 aromatic carbocycles. The first-order valence-electron chi connectivity index (χ1n) is 7.29. The Morgan fingerprint density at radius 1 is 1.29 bits per heavy atom. The van der Waals surface area contributed by atoms with Crippen LogP contribution in [0.25, 0.3) is 0 Å². The van der Waals surface area contributed by atoms with Crippen LogP contribution >= 0.6 is 23.2 Å². The van der Waals surface area contributed by atoms with Gasteiger partial charge in [0.25, 0.3) is 0 Å². The van der Waals surface area contributed by atoms with Gasteiger partial charge in [-0.05, 0) is 38.5 Å². The van der Waals surface area contributed by atoms with E-state index < -0.39 is 11.9 Å². The molecule has 0 saturated carbocycles. The summed E-state index contributed by atoms with van der Waals surface area (Å²) in [7, 11) is 0. The maximum Gasteiger partial charge on any atom is 0.340 e. The van der Waals surface area contributed by atoms with Crippen LogP contribution in [0.5, 0.6) is 0 Å². The Bertz CT molecular complexity index is 768. The molecule has 0 amide bonds. The summed E-state index contributed by atoms with van der Waals surface area (Å²) in [6.07, 6.45) is 0. The number of nitrogens with two attached hydrogens (primary N) is 1. The van der Waals surface area contributed by atoms with Crippen molar-refractivity contribution in [3.63, 3.8) is 0 Å². The first kappa shape index (κ1) is 18.4. The predicted molar refractivity (Wildman–Crippen MR) is 91.5 cm³/mol. The molecule has 0 bridgehead atoms. The number of halogens is 2. The molecule has 0 unspecified atom stereocenters. The van der Waals surface area contributed by atoms with Crippen LogP contribution in [0.2, 0.25) is 10.0 Å². The van der Waals surface area contributed by atoms with Crippen LogP contribution < -0.4 is 5.73 Å². The van der Waals surface area contributed by atoms with E-state index in [9.17, 15) is 9.59 Å². The molecule has 1 aromatic rings. The Hall–Kier alpha value is -1.98. The van der Waals surface area contributed by atoms with Crippen molar-refractivity contribution < 1.29 is 19.1 Å². The number of ketones is 1. The molecule has 7 heteroatoms. The highest BCUT2D eigenvalue weighted by Gasteiger charge is 2.38. The van der Waals surface area contributed by atoms with Gasteiger partial charge in [-0.25, -0.2) is 4.79 Å². The van der Waals surface area contributed by atoms with Crippen molar-refractivity contribution in [3.05, 3.63) is 56.6 Å². The first-order chi connectivity index (χ1) is 11.3. The molecule has 1 aliphatic rings. The van der Waals surface area contributed by atoms with Crippen molar-refractivity contribution in [1.82, 2.24) is 0 Å². The van der Waals surface area contributed by atoms with Gasteiger partial charge in [0.2, 0.25) is 5.88 Å². The Morgan fingerprint density at radius 3 is 2.50 bits per heavy atom. The van der Waals surface area contributed by atoms with Gasteiger partial charge < -0.3 is 15.2 Å². The van der Waals surface area contributed by atoms with E-state index >= 15 is 0 Å². The predicted octanol–water partition coefficient (Wildman–Crippen LogP) is 3.70. The molecule has 2 N–H and O–H groups in total. The van der Waals surface area contributed by atoms with Crippen LogP contribution in [0.1, 0.15) is 32.3 Å². The minimum Gasteiger partial charge on any atom is -0.462 e. The van der Waals surface area contributed by atoms with Gasteiger partial charge in [0, 0.05) is 15.6 Å². The van der Waals surface area contributed by atoms with Crippen LogP contribution in [-0.4, -0.2) is 18.4 Å². The third-order valence-electron chi connectivity index (χ3n) is 3.63. The van der Waals surface area contributed by atoms with Gasteiger partial charge in [-0.3, -0.25) is 4.79 Å². The molecule has 1 atom stereocenters. The zero-order valence-corrected chi connectivity index (χ0v) is 15.0. The molecule has 0 spiro atoms. The molecule has 0 aliphatic carbocycles. The molecule has 24 heavy (non-hydrogen) atoms. The zero-order valence-electron chi connectivity index (χ0n) is 13.5. The quantitative estimate of drug-likeness (QED) is 0.818. The molecule has 0 saturated heterocycles. The van der Waals surface area contributed by atoms with Gasteiger partial charge >= 0.3 is 5.97 Å².